The largest absolute Gasteiger partial charge is 0.336 e. The SMILES string of the molecule is CCCN(CCC)S(=O)(=O)c1ccc(C(=O)N2CCNCC2)cc1.Cl. The van der Waals surface area contributed by atoms with Crippen molar-refractivity contribution in [3.63, 3.8) is 0 Å². The van der Waals surface area contributed by atoms with Crippen molar-refractivity contribution in [3.8, 4) is 0 Å². The first-order chi connectivity index (χ1) is 11.5. The molecular weight excluding hydrogens is 362 g/mol. The van der Waals surface area contributed by atoms with Crippen molar-refractivity contribution in [3.05, 3.63) is 29.8 Å². The molecule has 0 atom stereocenters. The number of nitrogens with one attached hydrogen (secondary N) is 1. The van der Waals surface area contributed by atoms with Crippen molar-refractivity contribution in [1.82, 2.24) is 14.5 Å². The zero-order valence-corrected chi connectivity index (χ0v) is 16.5. The predicted molar refractivity (Wildman–Crippen MR) is 102 cm³/mol. The number of nitrogens with zero attached hydrogens (tertiary/aromatic N) is 2. The number of rotatable bonds is 7. The van der Waals surface area contributed by atoms with Crippen LogP contribution in [0.4, 0.5) is 0 Å². The molecule has 1 aliphatic heterocycles. The molecule has 1 aromatic carbocycles. The van der Waals surface area contributed by atoms with E-state index in [1.54, 1.807) is 29.2 Å². The number of carbonyl (C=O) groups is 1. The Morgan fingerprint density at radius 3 is 2.08 bits per heavy atom. The van der Waals surface area contributed by atoms with Crippen LogP contribution in [0.3, 0.4) is 0 Å². The average Bonchev–Trinajstić information content (AvgIpc) is 2.62. The van der Waals surface area contributed by atoms with Crippen LogP contribution in [-0.4, -0.2) is 62.8 Å². The zero-order valence-electron chi connectivity index (χ0n) is 14.9. The molecule has 0 saturated carbocycles. The normalized spacial score (nSPS) is 15.1. The Labute approximate surface area is 157 Å². The van der Waals surface area contributed by atoms with Gasteiger partial charge in [-0.15, -0.1) is 12.4 Å². The number of halogens is 1. The molecule has 1 saturated heterocycles. The fraction of sp³-hybridized carbons (Fsp3) is 0.588. The second kappa shape index (κ2) is 10.1. The molecule has 1 amide bonds. The van der Waals surface area contributed by atoms with Crippen molar-refractivity contribution in [2.75, 3.05) is 39.3 Å². The van der Waals surface area contributed by atoms with Gasteiger partial charge in [-0.2, -0.15) is 4.31 Å². The van der Waals surface area contributed by atoms with Crippen molar-refractivity contribution in [2.24, 2.45) is 0 Å². The predicted octanol–water partition coefficient (Wildman–Crippen LogP) is 1.96. The maximum absolute atomic E-state index is 12.7. The highest BCUT2D eigenvalue weighted by atomic mass is 35.5. The molecule has 0 radical (unpaired) electrons. The van der Waals surface area contributed by atoms with Gasteiger partial charge in [0.05, 0.1) is 4.90 Å². The lowest BCUT2D eigenvalue weighted by molar-refractivity contribution is 0.0735. The number of hydrogen-bond donors (Lipinski definition) is 1. The smallest absolute Gasteiger partial charge is 0.253 e. The van der Waals surface area contributed by atoms with Crippen LogP contribution in [0.5, 0.6) is 0 Å². The van der Waals surface area contributed by atoms with Crippen LogP contribution in [0.2, 0.25) is 0 Å². The standard InChI is InChI=1S/C17H27N3O3S.ClH/c1-3-11-20(12-4-2)24(22,23)16-7-5-15(6-8-16)17(21)19-13-9-18-10-14-19;/h5-8,18H,3-4,9-14H2,1-2H3;1H. The lowest BCUT2D eigenvalue weighted by Crippen LogP contribution is -2.46. The van der Waals surface area contributed by atoms with Crippen LogP contribution < -0.4 is 5.32 Å². The molecule has 0 spiro atoms. The molecular formula is C17H28ClN3O3S. The summed E-state index contributed by atoms with van der Waals surface area (Å²) >= 11 is 0. The van der Waals surface area contributed by atoms with Crippen LogP contribution in [0.15, 0.2) is 29.2 Å². The number of piperazine rings is 1. The minimum atomic E-state index is -3.49. The third-order valence-corrected chi connectivity index (χ3v) is 6.00. The first-order valence-electron chi connectivity index (χ1n) is 8.61. The van der Waals surface area contributed by atoms with E-state index in [0.29, 0.717) is 31.7 Å². The monoisotopic (exact) mass is 389 g/mol. The Kier molecular flexibility index (Phi) is 8.85. The van der Waals surface area contributed by atoms with Gasteiger partial charge in [-0.1, -0.05) is 13.8 Å². The second-order valence-electron chi connectivity index (χ2n) is 5.97. The molecule has 1 fully saturated rings. The summed E-state index contributed by atoms with van der Waals surface area (Å²) in [5, 5.41) is 3.21. The first-order valence-corrected chi connectivity index (χ1v) is 10.0. The molecule has 0 aromatic heterocycles. The fourth-order valence-corrected chi connectivity index (χ4v) is 4.44. The van der Waals surface area contributed by atoms with Gasteiger partial charge in [0.1, 0.15) is 0 Å². The molecule has 25 heavy (non-hydrogen) atoms. The number of carbonyl (C=O) groups excluding carboxylic acids is 1. The van der Waals surface area contributed by atoms with Gasteiger partial charge in [0, 0.05) is 44.8 Å². The van der Waals surface area contributed by atoms with Gasteiger partial charge >= 0.3 is 0 Å². The molecule has 0 unspecified atom stereocenters. The van der Waals surface area contributed by atoms with E-state index in [4.69, 9.17) is 0 Å². The van der Waals surface area contributed by atoms with Crippen molar-refractivity contribution >= 4 is 28.3 Å². The summed E-state index contributed by atoms with van der Waals surface area (Å²) in [6, 6.07) is 6.33. The number of amides is 1. The number of benzene rings is 1. The highest BCUT2D eigenvalue weighted by Gasteiger charge is 2.24. The second-order valence-corrected chi connectivity index (χ2v) is 7.91. The highest BCUT2D eigenvalue weighted by Crippen LogP contribution is 2.18. The summed E-state index contributed by atoms with van der Waals surface area (Å²) < 4.78 is 26.9. The molecule has 1 N–H and O–H groups in total. The van der Waals surface area contributed by atoms with Crippen LogP contribution in [0.1, 0.15) is 37.0 Å². The van der Waals surface area contributed by atoms with Gasteiger partial charge in [0.25, 0.3) is 5.91 Å². The van der Waals surface area contributed by atoms with Crippen LogP contribution >= 0.6 is 12.4 Å². The summed E-state index contributed by atoms with van der Waals surface area (Å²) in [5.41, 5.74) is 0.536. The Morgan fingerprint density at radius 1 is 1.08 bits per heavy atom. The summed E-state index contributed by atoms with van der Waals surface area (Å²) in [5.74, 6) is -0.0422. The Bertz CT molecular complexity index is 638. The topological polar surface area (TPSA) is 69.7 Å². The van der Waals surface area contributed by atoms with Crippen molar-refractivity contribution in [2.45, 2.75) is 31.6 Å². The van der Waals surface area contributed by atoms with Crippen LogP contribution in [-0.2, 0) is 10.0 Å². The Balaban J connectivity index is 0.00000312. The van der Waals surface area contributed by atoms with E-state index in [-0.39, 0.29) is 23.2 Å². The minimum Gasteiger partial charge on any atom is -0.336 e. The third kappa shape index (κ3) is 5.41. The molecule has 0 aliphatic carbocycles. The van der Waals surface area contributed by atoms with Gasteiger partial charge in [-0.05, 0) is 37.1 Å². The summed E-state index contributed by atoms with van der Waals surface area (Å²) in [6.45, 7) is 7.90. The maximum Gasteiger partial charge on any atom is 0.253 e. The van der Waals surface area contributed by atoms with E-state index in [0.717, 1.165) is 25.9 Å². The van der Waals surface area contributed by atoms with Crippen LogP contribution in [0, 0.1) is 0 Å². The van der Waals surface area contributed by atoms with E-state index < -0.39 is 10.0 Å². The van der Waals surface area contributed by atoms with E-state index >= 15 is 0 Å². The zero-order chi connectivity index (χ0) is 17.6. The van der Waals surface area contributed by atoms with Gasteiger partial charge in [0.15, 0.2) is 0 Å². The molecule has 6 nitrogen and oxygen atoms in total. The average molecular weight is 390 g/mol. The molecule has 1 heterocycles. The van der Waals surface area contributed by atoms with Gasteiger partial charge in [-0.3, -0.25) is 4.79 Å². The minimum absolute atomic E-state index is 0. The van der Waals surface area contributed by atoms with E-state index in [1.807, 2.05) is 13.8 Å². The summed E-state index contributed by atoms with van der Waals surface area (Å²) in [4.78, 5) is 14.5. The van der Waals surface area contributed by atoms with Crippen LogP contribution in [0.25, 0.3) is 0 Å². The molecule has 8 heteroatoms. The van der Waals surface area contributed by atoms with E-state index in [2.05, 4.69) is 5.32 Å². The van der Waals surface area contributed by atoms with Crippen molar-refractivity contribution in [1.29, 1.82) is 0 Å². The molecule has 2 rings (SSSR count). The lowest BCUT2D eigenvalue weighted by Gasteiger charge is -2.27. The van der Waals surface area contributed by atoms with Gasteiger partial charge < -0.3 is 10.2 Å². The Hall–Kier alpha value is -1.15. The number of sulfonamides is 1. The van der Waals surface area contributed by atoms with E-state index in [9.17, 15) is 13.2 Å². The van der Waals surface area contributed by atoms with Gasteiger partial charge in [0.2, 0.25) is 10.0 Å². The Morgan fingerprint density at radius 2 is 1.60 bits per heavy atom. The summed E-state index contributed by atoms with van der Waals surface area (Å²) in [7, 11) is -3.49. The highest BCUT2D eigenvalue weighted by molar-refractivity contribution is 7.89. The lowest BCUT2D eigenvalue weighted by atomic mass is 10.2. The number of hydrogen-bond acceptors (Lipinski definition) is 4. The maximum atomic E-state index is 12.7. The third-order valence-electron chi connectivity index (χ3n) is 4.09. The molecule has 0 bridgehead atoms. The summed E-state index contributed by atoms with van der Waals surface area (Å²) in [6.07, 6.45) is 1.55. The quantitative estimate of drug-likeness (QED) is 0.774. The van der Waals surface area contributed by atoms with Gasteiger partial charge in [-0.25, -0.2) is 8.42 Å². The molecule has 142 valence electrons. The first kappa shape index (κ1) is 21.9. The van der Waals surface area contributed by atoms with E-state index in [1.165, 1.54) is 4.31 Å². The molecule has 1 aliphatic rings. The fourth-order valence-electron chi connectivity index (χ4n) is 2.82. The molecule has 1 aromatic rings. The van der Waals surface area contributed by atoms with Crippen molar-refractivity contribution < 1.29 is 13.2 Å².